The fraction of sp³-hybridized carbons (Fsp3) is 0. The van der Waals surface area contributed by atoms with E-state index in [0.717, 1.165) is 5.56 Å². The lowest BCUT2D eigenvalue weighted by atomic mass is 10.2. The number of hydrogen-bond donors (Lipinski definition) is 2. The van der Waals surface area contributed by atoms with Crippen LogP contribution in [0.4, 0.5) is 11.4 Å². The highest BCUT2D eigenvalue weighted by Gasteiger charge is 2.10. The van der Waals surface area contributed by atoms with Crippen LogP contribution in [0.1, 0.15) is 5.56 Å². The molecule has 0 atom stereocenters. The van der Waals surface area contributed by atoms with Gasteiger partial charge in [0, 0.05) is 22.7 Å². The molecule has 0 bridgehead atoms. The quantitative estimate of drug-likeness (QED) is 0.349. The number of nitro groups is 1. The minimum Gasteiger partial charge on any atom is -0.331 e. The molecule has 0 saturated carbocycles. The number of nitrogens with one attached hydrogen (secondary N) is 2. The van der Waals surface area contributed by atoms with E-state index in [-0.39, 0.29) is 16.7 Å². The van der Waals surface area contributed by atoms with Crippen LogP contribution in [0, 0.1) is 10.1 Å². The average Bonchev–Trinajstić information content (AvgIpc) is 2.55. The van der Waals surface area contributed by atoms with E-state index in [1.54, 1.807) is 6.08 Å². The third kappa shape index (κ3) is 5.25. The summed E-state index contributed by atoms with van der Waals surface area (Å²) in [5.74, 6) is -0.380. The molecule has 6 nitrogen and oxygen atoms in total. The molecule has 0 radical (unpaired) electrons. The number of thiocarbonyl (C=S) groups is 1. The fourth-order valence-electron chi connectivity index (χ4n) is 1.76. The maximum atomic E-state index is 11.8. The van der Waals surface area contributed by atoms with Gasteiger partial charge >= 0.3 is 0 Å². The Balaban J connectivity index is 1.94. The largest absolute Gasteiger partial charge is 0.331 e. The second-order valence-electron chi connectivity index (χ2n) is 4.61. The molecule has 0 heterocycles. The van der Waals surface area contributed by atoms with Gasteiger partial charge in [-0.15, -0.1) is 0 Å². The zero-order valence-electron chi connectivity index (χ0n) is 12.2. The normalized spacial score (nSPS) is 10.4. The highest BCUT2D eigenvalue weighted by atomic mass is 79.9. The first-order valence-corrected chi connectivity index (χ1v) is 7.95. The van der Waals surface area contributed by atoms with Gasteiger partial charge in [0.05, 0.1) is 10.6 Å². The molecule has 2 N–H and O–H groups in total. The van der Waals surface area contributed by atoms with Gasteiger partial charge in [-0.2, -0.15) is 0 Å². The molecule has 8 heteroatoms. The fourth-order valence-corrected chi connectivity index (χ4v) is 2.44. The van der Waals surface area contributed by atoms with Crippen molar-refractivity contribution in [2.75, 3.05) is 5.32 Å². The number of carbonyl (C=O) groups excluding carboxylic acids is 1. The van der Waals surface area contributed by atoms with E-state index >= 15 is 0 Å². The molecular weight excluding hydrogens is 394 g/mol. The zero-order chi connectivity index (χ0) is 17.5. The highest BCUT2D eigenvalue weighted by Crippen LogP contribution is 2.26. The summed E-state index contributed by atoms with van der Waals surface area (Å²) in [5.41, 5.74) is 1.36. The van der Waals surface area contributed by atoms with Crippen LogP contribution >= 0.6 is 28.1 Å². The van der Waals surface area contributed by atoms with E-state index in [9.17, 15) is 14.9 Å². The molecule has 0 aliphatic carbocycles. The van der Waals surface area contributed by atoms with Crippen molar-refractivity contribution in [2.45, 2.75) is 0 Å². The van der Waals surface area contributed by atoms with Crippen LogP contribution in [0.3, 0.4) is 0 Å². The molecule has 0 fully saturated rings. The summed E-state index contributed by atoms with van der Waals surface area (Å²) in [5, 5.41) is 16.1. The maximum absolute atomic E-state index is 11.8. The summed E-state index contributed by atoms with van der Waals surface area (Å²) < 4.78 is 0.466. The number of nitrogens with zero attached hydrogens (tertiary/aromatic N) is 1. The first-order valence-electron chi connectivity index (χ1n) is 6.75. The number of amides is 1. The van der Waals surface area contributed by atoms with Crippen LogP contribution in [0.5, 0.6) is 0 Å². The molecule has 24 heavy (non-hydrogen) atoms. The average molecular weight is 406 g/mol. The van der Waals surface area contributed by atoms with E-state index in [1.165, 1.54) is 24.3 Å². The molecule has 0 aliphatic heterocycles. The predicted molar refractivity (Wildman–Crippen MR) is 101 cm³/mol. The number of carbonyl (C=O) groups is 1. The second-order valence-corrected chi connectivity index (χ2v) is 5.87. The minimum absolute atomic E-state index is 0.0480. The lowest BCUT2D eigenvalue weighted by molar-refractivity contribution is -0.384. The van der Waals surface area contributed by atoms with Crippen LogP contribution in [-0.2, 0) is 4.79 Å². The number of hydrogen-bond acceptors (Lipinski definition) is 4. The van der Waals surface area contributed by atoms with Gasteiger partial charge in [-0.25, -0.2) is 0 Å². The van der Waals surface area contributed by atoms with E-state index in [2.05, 4.69) is 26.6 Å². The molecule has 0 spiro atoms. The Morgan fingerprint density at radius 1 is 1.21 bits per heavy atom. The molecule has 0 aromatic heterocycles. The molecule has 0 unspecified atom stereocenters. The topological polar surface area (TPSA) is 84.3 Å². The SMILES string of the molecule is O=C(C=Cc1ccccc1)NC(=S)Nc1ccc([N+](=O)[O-])cc1Br. The van der Waals surface area contributed by atoms with Gasteiger partial charge in [-0.3, -0.25) is 20.2 Å². The van der Waals surface area contributed by atoms with Crippen molar-refractivity contribution in [1.29, 1.82) is 0 Å². The van der Waals surface area contributed by atoms with Crippen molar-refractivity contribution in [1.82, 2.24) is 5.32 Å². The number of anilines is 1. The first-order chi connectivity index (χ1) is 11.5. The summed E-state index contributed by atoms with van der Waals surface area (Å²) in [6, 6.07) is 13.6. The van der Waals surface area contributed by atoms with Gasteiger partial charge < -0.3 is 5.32 Å². The summed E-state index contributed by atoms with van der Waals surface area (Å²) >= 11 is 8.27. The van der Waals surface area contributed by atoms with E-state index < -0.39 is 4.92 Å². The predicted octanol–water partition coefficient (Wildman–Crippen LogP) is 3.88. The molecule has 2 aromatic rings. The number of rotatable bonds is 4. The van der Waals surface area contributed by atoms with E-state index in [4.69, 9.17) is 12.2 Å². The summed E-state index contributed by atoms with van der Waals surface area (Å²) in [6.45, 7) is 0. The van der Waals surface area contributed by atoms with E-state index in [0.29, 0.717) is 10.2 Å². The van der Waals surface area contributed by atoms with Crippen molar-refractivity contribution >= 4 is 56.6 Å². The molecule has 0 saturated heterocycles. The number of halogens is 1. The lowest BCUT2D eigenvalue weighted by Gasteiger charge is -2.09. The summed E-state index contributed by atoms with van der Waals surface area (Å²) in [7, 11) is 0. The standard InChI is InChI=1S/C16H12BrN3O3S/c17-13-10-12(20(22)23)7-8-14(13)18-16(24)19-15(21)9-6-11-4-2-1-3-5-11/h1-10H,(H2,18,19,21,24). The molecule has 0 aliphatic rings. The zero-order valence-corrected chi connectivity index (χ0v) is 14.6. The molecular formula is C16H12BrN3O3S. The number of nitro benzene ring substituents is 1. The van der Waals surface area contributed by atoms with E-state index in [1.807, 2.05) is 30.3 Å². The van der Waals surface area contributed by atoms with Crippen molar-refractivity contribution in [3.05, 3.63) is 74.8 Å². The summed E-state index contributed by atoms with van der Waals surface area (Å²) in [6.07, 6.45) is 3.04. The van der Waals surface area contributed by atoms with Crippen LogP contribution in [-0.4, -0.2) is 15.9 Å². The highest BCUT2D eigenvalue weighted by molar-refractivity contribution is 9.10. The van der Waals surface area contributed by atoms with Gasteiger partial charge in [0.15, 0.2) is 5.11 Å². The Labute approximate surface area is 151 Å². The van der Waals surface area contributed by atoms with Crippen LogP contribution < -0.4 is 10.6 Å². The number of non-ortho nitro benzene ring substituents is 1. The Morgan fingerprint density at radius 2 is 1.92 bits per heavy atom. The Bertz CT molecular complexity index is 809. The third-order valence-electron chi connectivity index (χ3n) is 2.88. The maximum Gasteiger partial charge on any atom is 0.270 e. The van der Waals surface area contributed by atoms with Gasteiger partial charge in [-0.05, 0) is 45.9 Å². The summed E-state index contributed by atoms with van der Waals surface area (Å²) in [4.78, 5) is 22.0. The van der Waals surface area contributed by atoms with Crippen LogP contribution in [0.2, 0.25) is 0 Å². The molecule has 1 amide bonds. The Kier molecular flexibility index (Phi) is 6.16. The molecule has 2 rings (SSSR count). The Hall–Kier alpha value is -2.58. The second kappa shape index (κ2) is 8.32. The third-order valence-corrected chi connectivity index (χ3v) is 3.74. The van der Waals surface area contributed by atoms with Gasteiger partial charge in [0.1, 0.15) is 0 Å². The smallest absolute Gasteiger partial charge is 0.270 e. The van der Waals surface area contributed by atoms with Crippen molar-refractivity contribution in [3.8, 4) is 0 Å². The lowest BCUT2D eigenvalue weighted by Crippen LogP contribution is -2.32. The van der Waals surface area contributed by atoms with Gasteiger partial charge in [0.25, 0.3) is 5.69 Å². The first kappa shape index (κ1) is 17.8. The number of benzene rings is 2. The van der Waals surface area contributed by atoms with Crippen LogP contribution in [0.25, 0.3) is 6.08 Å². The molecule has 2 aromatic carbocycles. The Morgan fingerprint density at radius 3 is 2.54 bits per heavy atom. The van der Waals surface area contributed by atoms with Crippen molar-refractivity contribution in [2.24, 2.45) is 0 Å². The minimum atomic E-state index is -0.497. The van der Waals surface area contributed by atoms with Gasteiger partial charge in [0.2, 0.25) is 5.91 Å². The monoisotopic (exact) mass is 405 g/mol. The molecule has 122 valence electrons. The van der Waals surface area contributed by atoms with Gasteiger partial charge in [-0.1, -0.05) is 30.3 Å². The van der Waals surface area contributed by atoms with Crippen molar-refractivity contribution in [3.63, 3.8) is 0 Å². The van der Waals surface area contributed by atoms with Crippen LogP contribution in [0.15, 0.2) is 59.1 Å². The van der Waals surface area contributed by atoms with Crippen molar-refractivity contribution < 1.29 is 9.72 Å².